The Kier molecular flexibility index (Phi) is 5.85. The average Bonchev–Trinajstić information content (AvgIpc) is 3.28. The lowest BCUT2D eigenvalue weighted by atomic mass is 10.1. The molecule has 4 rings (SSSR count). The van der Waals surface area contributed by atoms with Crippen molar-refractivity contribution < 1.29 is 4.39 Å². The zero-order valence-electron chi connectivity index (χ0n) is 16.7. The zero-order valence-corrected chi connectivity index (χ0v) is 18.2. The van der Waals surface area contributed by atoms with E-state index in [1.807, 2.05) is 6.92 Å². The largest absolute Gasteiger partial charge is 0.382 e. The third kappa shape index (κ3) is 3.80. The Morgan fingerprint density at radius 2 is 1.97 bits per heavy atom. The topological polar surface area (TPSA) is 153 Å². The lowest BCUT2D eigenvalue weighted by molar-refractivity contribution is 0.610. The number of aromatic nitrogens is 6. The van der Waals surface area contributed by atoms with Gasteiger partial charge in [0.2, 0.25) is 5.95 Å². The molecule has 32 heavy (non-hydrogen) atoms. The molecule has 1 aromatic carbocycles. The summed E-state index contributed by atoms with van der Waals surface area (Å²) in [6.45, 7) is 1.96. The van der Waals surface area contributed by atoms with Crippen molar-refractivity contribution in [3.05, 3.63) is 56.4 Å². The standard InChI is InChI=1S/C19H18Cl2FN9O/c1-2-3-10(26-16-14(21)15(23)28-19(24)29-16)17-27-9-5-4-8(22)13(20)12(9)18(32)31(17)11-6-7-25-30-11/h4-7,10H,2-3H2,1H3,(H,25,30)(H5,23,24,26,28,29)/t10-/m0/s1. The van der Waals surface area contributed by atoms with Gasteiger partial charge in [-0.2, -0.15) is 15.1 Å². The van der Waals surface area contributed by atoms with Crippen molar-refractivity contribution in [1.82, 2.24) is 29.7 Å². The van der Waals surface area contributed by atoms with Gasteiger partial charge in [-0.3, -0.25) is 9.89 Å². The predicted molar refractivity (Wildman–Crippen MR) is 122 cm³/mol. The molecule has 1 atom stereocenters. The summed E-state index contributed by atoms with van der Waals surface area (Å²) in [6, 6.07) is 3.58. The van der Waals surface area contributed by atoms with E-state index in [0.29, 0.717) is 24.5 Å². The first-order valence-corrected chi connectivity index (χ1v) is 10.3. The van der Waals surface area contributed by atoms with E-state index >= 15 is 0 Å². The van der Waals surface area contributed by atoms with Crippen LogP contribution in [0.15, 0.2) is 29.2 Å². The van der Waals surface area contributed by atoms with Crippen LogP contribution in [0.1, 0.15) is 31.6 Å². The molecule has 6 N–H and O–H groups in total. The van der Waals surface area contributed by atoms with Crippen LogP contribution in [-0.4, -0.2) is 29.7 Å². The highest BCUT2D eigenvalue weighted by atomic mass is 35.5. The van der Waals surface area contributed by atoms with Crippen molar-refractivity contribution in [2.24, 2.45) is 0 Å². The number of hydrogen-bond donors (Lipinski definition) is 4. The number of fused-ring (bicyclic) bond motifs is 1. The van der Waals surface area contributed by atoms with Crippen LogP contribution < -0.4 is 22.3 Å². The molecule has 0 radical (unpaired) electrons. The van der Waals surface area contributed by atoms with Gasteiger partial charge in [-0.15, -0.1) is 0 Å². The molecular weight excluding hydrogens is 460 g/mol. The number of nitrogens with one attached hydrogen (secondary N) is 2. The molecule has 0 aliphatic rings. The smallest absolute Gasteiger partial charge is 0.268 e. The summed E-state index contributed by atoms with van der Waals surface area (Å²) in [5, 5.41) is 9.54. The number of benzene rings is 1. The Hall–Kier alpha value is -3.44. The number of aromatic amines is 1. The highest BCUT2D eigenvalue weighted by molar-refractivity contribution is 6.35. The zero-order chi connectivity index (χ0) is 23.0. The van der Waals surface area contributed by atoms with Gasteiger partial charge in [-0.25, -0.2) is 13.9 Å². The lowest BCUT2D eigenvalue weighted by Crippen LogP contribution is -2.29. The number of anilines is 3. The second kappa shape index (κ2) is 8.60. The molecule has 0 bridgehead atoms. The molecule has 0 aliphatic carbocycles. The highest BCUT2D eigenvalue weighted by Gasteiger charge is 2.25. The van der Waals surface area contributed by atoms with Crippen LogP contribution in [0.4, 0.5) is 22.0 Å². The van der Waals surface area contributed by atoms with E-state index in [-0.39, 0.29) is 38.5 Å². The summed E-state index contributed by atoms with van der Waals surface area (Å²) in [5.74, 6) is 0.0566. The van der Waals surface area contributed by atoms with Crippen LogP contribution in [0.3, 0.4) is 0 Å². The quantitative estimate of drug-likeness (QED) is 0.329. The Bertz CT molecular complexity index is 1360. The number of rotatable bonds is 6. The summed E-state index contributed by atoms with van der Waals surface area (Å²) in [5.41, 5.74) is 11.2. The number of halogens is 3. The highest BCUT2D eigenvalue weighted by Crippen LogP contribution is 2.32. The minimum absolute atomic E-state index is 0.0107. The molecule has 3 aromatic heterocycles. The Labute approximate surface area is 190 Å². The fourth-order valence-corrected chi connectivity index (χ4v) is 3.74. The van der Waals surface area contributed by atoms with Crippen LogP contribution >= 0.6 is 23.2 Å². The molecule has 10 nitrogen and oxygen atoms in total. The third-order valence-electron chi connectivity index (χ3n) is 4.77. The normalized spacial score (nSPS) is 12.2. The molecule has 166 valence electrons. The van der Waals surface area contributed by atoms with Crippen LogP contribution in [0.25, 0.3) is 16.7 Å². The first-order valence-electron chi connectivity index (χ1n) is 9.57. The van der Waals surface area contributed by atoms with Gasteiger partial charge in [0.25, 0.3) is 5.56 Å². The molecule has 0 aliphatic heterocycles. The summed E-state index contributed by atoms with van der Waals surface area (Å²) >= 11 is 12.4. The van der Waals surface area contributed by atoms with Gasteiger partial charge in [-0.1, -0.05) is 36.5 Å². The van der Waals surface area contributed by atoms with Crippen molar-refractivity contribution in [3.8, 4) is 5.82 Å². The maximum atomic E-state index is 14.1. The van der Waals surface area contributed by atoms with E-state index in [0.717, 1.165) is 6.07 Å². The van der Waals surface area contributed by atoms with Crippen molar-refractivity contribution >= 4 is 51.7 Å². The molecule has 0 saturated carbocycles. The molecule has 4 aromatic rings. The fourth-order valence-electron chi connectivity index (χ4n) is 3.36. The number of hydrogen-bond acceptors (Lipinski definition) is 8. The molecule has 0 saturated heterocycles. The second-order valence-corrected chi connectivity index (χ2v) is 7.68. The Morgan fingerprint density at radius 1 is 1.19 bits per heavy atom. The molecular formula is C19H18Cl2FN9O. The molecule has 3 heterocycles. The first-order chi connectivity index (χ1) is 15.3. The SMILES string of the molecule is CCC[C@H](Nc1nc(N)nc(N)c1Cl)c1nc2ccc(F)c(Cl)c2c(=O)n1-c1ccn[nH]1. The van der Waals surface area contributed by atoms with Gasteiger partial charge < -0.3 is 16.8 Å². The average molecular weight is 478 g/mol. The minimum Gasteiger partial charge on any atom is -0.382 e. The van der Waals surface area contributed by atoms with Gasteiger partial charge in [0.1, 0.15) is 28.3 Å². The van der Waals surface area contributed by atoms with Crippen molar-refractivity contribution in [1.29, 1.82) is 0 Å². The van der Waals surface area contributed by atoms with E-state index < -0.39 is 17.4 Å². The predicted octanol–water partition coefficient (Wildman–Crippen LogP) is 3.46. The summed E-state index contributed by atoms with van der Waals surface area (Å²) in [6.07, 6.45) is 2.72. The van der Waals surface area contributed by atoms with Crippen LogP contribution in [-0.2, 0) is 0 Å². The van der Waals surface area contributed by atoms with Gasteiger partial charge >= 0.3 is 0 Å². The summed E-state index contributed by atoms with van der Waals surface area (Å²) < 4.78 is 15.4. The maximum Gasteiger partial charge on any atom is 0.268 e. The Morgan fingerprint density at radius 3 is 2.66 bits per heavy atom. The molecule has 0 fully saturated rings. The van der Waals surface area contributed by atoms with Crippen molar-refractivity contribution in [2.45, 2.75) is 25.8 Å². The number of nitrogens with two attached hydrogens (primary N) is 2. The molecule has 13 heteroatoms. The second-order valence-electron chi connectivity index (χ2n) is 6.92. The number of H-pyrrole nitrogens is 1. The van der Waals surface area contributed by atoms with Gasteiger partial charge in [-0.05, 0) is 18.6 Å². The van der Waals surface area contributed by atoms with E-state index in [9.17, 15) is 9.18 Å². The van der Waals surface area contributed by atoms with Crippen molar-refractivity contribution in [3.63, 3.8) is 0 Å². The van der Waals surface area contributed by atoms with Gasteiger partial charge in [0.15, 0.2) is 5.82 Å². The summed E-state index contributed by atoms with van der Waals surface area (Å²) in [4.78, 5) is 26.0. The van der Waals surface area contributed by atoms with E-state index in [1.54, 1.807) is 6.07 Å². The molecule has 0 unspecified atom stereocenters. The van der Waals surface area contributed by atoms with Crippen LogP contribution in [0, 0.1) is 5.82 Å². The fraction of sp³-hybridized carbons (Fsp3) is 0.211. The maximum absolute atomic E-state index is 14.1. The third-order valence-corrected chi connectivity index (χ3v) is 5.52. The molecule has 0 amide bonds. The van der Waals surface area contributed by atoms with Gasteiger partial charge in [0.05, 0.1) is 28.2 Å². The van der Waals surface area contributed by atoms with E-state index in [2.05, 4.69) is 30.5 Å². The van der Waals surface area contributed by atoms with Crippen LogP contribution in [0.2, 0.25) is 10.0 Å². The van der Waals surface area contributed by atoms with Gasteiger partial charge in [0, 0.05) is 6.07 Å². The number of nitrogen functional groups attached to an aromatic ring is 2. The Balaban J connectivity index is 1.97. The first kappa shape index (κ1) is 21.8. The molecule has 0 spiro atoms. The van der Waals surface area contributed by atoms with Crippen molar-refractivity contribution in [2.75, 3.05) is 16.8 Å². The summed E-state index contributed by atoms with van der Waals surface area (Å²) in [7, 11) is 0. The number of nitrogens with zero attached hydrogens (tertiary/aromatic N) is 5. The van der Waals surface area contributed by atoms with E-state index in [1.165, 1.54) is 16.8 Å². The van der Waals surface area contributed by atoms with Crippen LogP contribution in [0.5, 0.6) is 0 Å². The minimum atomic E-state index is -0.719. The lowest BCUT2D eigenvalue weighted by Gasteiger charge is -2.23. The monoisotopic (exact) mass is 477 g/mol. The van der Waals surface area contributed by atoms with E-state index in [4.69, 9.17) is 34.7 Å².